The smallest absolute Gasteiger partial charge is 0.314 e. The number of aromatic nitrogens is 2. The number of benzene rings is 1. The van der Waals surface area contributed by atoms with Crippen LogP contribution in [0.25, 0.3) is 0 Å². The highest BCUT2D eigenvalue weighted by Crippen LogP contribution is 2.32. The van der Waals surface area contributed by atoms with E-state index in [9.17, 15) is 10.1 Å². The fraction of sp³-hybridized carbons (Fsp3) is 0.0909. The number of hydrogen-bond donors (Lipinski definition) is 2. The van der Waals surface area contributed by atoms with Gasteiger partial charge in [-0.05, 0) is 12.1 Å². The van der Waals surface area contributed by atoms with Gasteiger partial charge < -0.3 is 14.9 Å². The van der Waals surface area contributed by atoms with Crippen molar-refractivity contribution in [3.63, 3.8) is 0 Å². The number of nitrogens with zero attached hydrogens (tertiary/aromatic N) is 3. The second-order valence-corrected chi connectivity index (χ2v) is 3.58. The van der Waals surface area contributed by atoms with Crippen LogP contribution in [0, 0.1) is 10.1 Å². The van der Waals surface area contributed by atoms with E-state index in [2.05, 4.69) is 15.4 Å². The zero-order valence-corrected chi connectivity index (χ0v) is 10.4. The number of nitrogens with one attached hydrogen (secondary N) is 1. The second kappa shape index (κ2) is 5.80. The molecule has 0 radical (unpaired) electrons. The topological polar surface area (TPSA) is 125 Å². The van der Waals surface area contributed by atoms with E-state index in [1.807, 2.05) is 0 Å². The normalized spacial score (nSPS) is 9.90. The van der Waals surface area contributed by atoms with Gasteiger partial charge in [-0.15, -0.1) is 0 Å². The van der Waals surface area contributed by atoms with Crippen LogP contribution in [0.5, 0.6) is 17.4 Å². The first-order valence-electron chi connectivity index (χ1n) is 5.43. The van der Waals surface area contributed by atoms with Crippen molar-refractivity contribution in [1.82, 2.24) is 9.97 Å². The third-order valence-electron chi connectivity index (χ3n) is 2.33. The van der Waals surface area contributed by atoms with E-state index in [0.717, 1.165) is 0 Å². The summed E-state index contributed by atoms with van der Waals surface area (Å²) < 4.78 is 10.3. The van der Waals surface area contributed by atoms with Gasteiger partial charge in [-0.3, -0.25) is 15.1 Å². The molecular weight excluding hydrogens is 266 g/mol. The van der Waals surface area contributed by atoms with E-state index < -0.39 is 4.92 Å². The number of nitrogen functional groups attached to an aromatic ring is 1. The number of rotatable bonds is 5. The minimum absolute atomic E-state index is 0.144. The number of nitrogens with two attached hydrogens (primary N) is 1. The van der Waals surface area contributed by atoms with E-state index in [0.29, 0.717) is 5.82 Å². The molecule has 0 fully saturated rings. The van der Waals surface area contributed by atoms with Crippen LogP contribution in [-0.4, -0.2) is 22.0 Å². The fourth-order valence-electron chi connectivity index (χ4n) is 1.46. The summed E-state index contributed by atoms with van der Waals surface area (Å²) in [6.45, 7) is 0. The van der Waals surface area contributed by atoms with Crippen molar-refractivity contribution in [2.75, 3.05) is 12.5 Å². The van der Waals surface area contributed by atoms with Crippen molar-refractivity contribution in [3.8, 4) is 17.4 Å². The van der Waals surface area contributed by atoms with E-state index in [1.54, 1.807) is 0 Å². The largest absolute Gasteiger partial charge is 0.490 e. The monoisotopic (exact) mass is 277 g/mol. The Balaban J connectivity index is 2.29. The second-order valence-electron chi connectivity index (χ2n) is 3.58. The molecule has 1 aromatic carbocycles. The van der Waals surface area contributed by atoms with Gasteiger partial charge in [-0.2, -0.15) is 4.98 Å². The van der Waals surface area contributed by atoms with Gasteiger partial charge in [0.2, 0.25) is 5.88 Å². The molecule has 0 amide bonds. The number of nitro groups is 1. The Labute approximate surface area is 113 Å². The molecular formula is C11H11N5O4. The van der Waals surface area contributed by atoms with Crippen LogP contribution in [0.4, 0.5) is 11.5 Å². The molecule has 3 N–H and O–H groups in total. The van der Waals surface area contributed by atoms with Crippen LogP contribution in [-0.2, 0) is 0 Å². The molecule has 0 unspecified atom stereocenters. The van der Waals surface area contributed by atoms with Gasteiger partial charge in [0.1, 0.15) is 5.75 Å². The van der Waals surface area contributed by atoms with Gasteiger partial charge in [-0.25, -0.2) is 5.84 Å². The Morgan fingerprint density at radius 3 is 2.85 bits per heavy atom. The van der Waals surface area contributed by atoms with E-state index >= 15 is 0 Å². The Morgan fingerprint density at radius 1 is 1.40 bits per heavy atom. The molecule has 9 heteroatoms. The molecule has 0 bridgehead atoms. The zero-order valence-electron chi connectivity index (χ0n) is 10.4. The van der Waals surface area contributed by atoms with Crippen LogP contribution >= 0.6 is 0 Å². The lowest BCUT2D eigenvalue weighted by Crippen LogP contribution is -2.09. The van der Waals surface area contributed by atoms with Gasteiger partial charge in [0.25, 0.3) is 0 Å². The maximum atomic E-state index is 10.9. The first-order chi connectivity index (χ1) is 9.63. The molecule has 0 saturated carbocycles. The summed E-state index contributed by atoms with van der Waals surface area (Å²) in [5.74, 6) is 6.04. The average molecular weight is 277 g/mol. The predicted octanol–water partition coefficient (Wildman–Crippen LogP) is 1.47. The van der Waals surface area contributed by atoms with Crippen molar-refractivity contribution in [3.05, 3.63) is 40.7 Å². The van der Waals surface area contributed by atoms with Crippen molar-refractivity contribution in [2.45, 2.75) is 0 Å². The lowest BCUT2D eigenvalue weighted by Gasteiger charge is -2.07. The first-order valence-corrected chi connectivity index (χ1v) is 5.43. The summed E-state index contributed by atoms with van der Waals surface area (Å²) >= 11 is 0. The summed E-state index contributed by atoms with van der Waals surface area (Å²) in [5, 5.41) is 10.9. The molecule has 0 atom stereocenters. The summed E-state index contributed by atoms with van der Waals surface area (Å²) in [4.78, 5) is 18.2. The molecule has 2 rings (SSSR count). The maximum Gasteiger partial charge on any atom is 0.314 e. The SMILES string of the molecule is COc1ccc(Oc2cncc(NN)n2)cc1[N+](=O)[O-]. The number of ether oxygens (including phenoxy) is 2. The van der Waals surface area contributed by atoms with Gasteiger partial charge in [0.05, 0.1) is 30.5 Å². The van der Waals surface area contributed by atoms with E-state index in [1.165, 1.54) is 37.7 Å². The predicted molar refractivity (Wildman–Crippen MR) is 69.6 cm³/mol. The van der Waals surface area contributed by atoms with Gasteiger partial charge in [0.15, 0.2) is 11.6 Å². The molecule has 9 nitrogen and oxygen atoms in total. The molecule has 0 aliphatic rings. The highest BCUT2D eigenvalue weighted by molar-refractivity contribution is 5.51. The van der Waals surface area contributed by atoms with Crippen molar-refractivity contribution < 1.29 is 14.4 Å². The van der Waals surface area contributed by atoms with Crippen molar-refractivity contribution >= 4 is 11.5 Å². The van der Waals surface area contributed by atoms with Crippen molar-refractivity contribution in [2.24, 2.45) is 5.84 Å². The maximum absolute atomic E-state index is 10.9. The molecule has 0 saturated heterocycles. The fourth-order valence-corrected chi connectivity index (χ4v) is 1.46. The van der Waals surface area contributed by atoms with Gasteiger partial charge in [0, 0.05) is 0 Å². The Morgan fingerprint density at radius 2 is 2.20 bits per heavy atom. The third kappa shape index (κ3) is 2.90. The quantitative estimate of drug-likeness (QED) is 0.478. The highest BCUT2D eigenvalue weighted by Gasteiger charge is 2.16. The molecule has 20 heavy (non-hydrogen) atoms. The average Bonchev–Trinajstić information content (AvgIpc) is 2.47. The number of hydrogen-bond acceptors (Lipinski definition) is 8. The zero-order chi connectivity index (χ0) is 14.5. The van der Waals surface area contributed by atoms with Crippen LogP contribution in [0.2, 0.25) is 0 Å². The molecule has 1 heterocycles. The Bertz CT molecular complexity index is 634. The van der Waals surface area contributed by atoms with Crippen molar-refractivity contribution in [1.29, 1.82) is 0 Å². The summed E-state index contributed by atoms with van der Waals surface area (Å²) in [6.07, 6.45) is 2.76. The number of anilines is 1. The van der Waals surface area contributed by atoms with Crippen LogP contribution < -0.4 is 20.7 Å². The van der Waals surface area contributed by atoms with Crippen LogP contribution in [0.1, 0.15) is 0 Å². The lowest BCUT2D eigenvalue weighted by molar-refractivity contribution is -0.385. The standard InChI is InChI=1S/C11H11N5O4/c1-19-9-3-2-7(4-8(9)16(17)18)20-11-6-13-5-10(14-11)15-12/h2-6H,12H2,1H3,(H,14,15). The van der Waals surface area contributed by atoms with E-state index in [4.69, 9.17) is 15.3 Å². The lowest BCUT2D eigenvalue weighted by atomic mass is 10.3. The number of hydrazine groups is 1. The summed E-state index contributed by atoms with van der Waals surface area (Å²) in [5.41, 5.74) is 2.12. The van der Waals surface area contributed by atoms with Gasteiger partial charge >= 0.3 is 5.69 Å². The van der Waals surface area contributed by atoms with Crippen LogP contribution in [0.15, 0.2) is 30.6 Å². The molecule has 1 aromatic heterocycles. The highest BCUT2D eigenvalue weighted by atomic mass is 16.6. The Hall–Kier alpha value is -2.94. The minimum Gasteiger partial charge on any atom is -0.490 e. The Kier molecular flexibility index (Phi) is 3.91. The molecule has 2 aromatic rings. The molecule has 0 aliphatic heterocycles. The third-order valence-corrected chi connectivity index (χ3v) is 2.33. The van der Waals surface area contributed by atoms with Crippen LogP contribution in [0.3, 0.4) is 0 Å². The summed E-state index contributed by atoms with van der Waals surface area (Å²) in [6, 6.07) is 4.20. The number of methoxy groups -OCH3 is 1. The number of nitro benzene ring substituents is 1. The molecule has 0 aliphatic carbocycles. The minimum atomic E-state index is -0.560. The van der Waals surface area contributed by atoms with Gasteiger partial charge in [-0.1, -0.05) is 0 Å². The first kappa shape index (κ1) is 13.5. The molecule has 104 valence electrons. The molecule has 0 spiro atoms. The van der Waals surface area contributed by atoms with E-state index in [-0.39, 0.29) is 23.1 Å². The summed E-state index contributed by atoms with van der Waals surface area (Å²) in [7, 11) is 1.35.